The highest BCUT2D eigenvalue weighted by molar-refractivity contribution is 7.91. The van der Waals surface area contributed by atoms with E-state index in [0.29, 0.717) is 39.1 Å². The molecule has 1 aromatic heterocycles. The number of benzene rings is 2. The summed E-state index contributed by atoms with van der Waals surface area (Å²) in [5.41, 5.74) is 1.65. The number of rotatable bonds is 6. The van der Waals surface area contributed by atoms with Gasteiger partial charge in [0.15, 0.2) is 20.8 Å². The second kappa shape index (κ2) is 9.00. The zero-order chi connectivity index (χ0) is 23.8. The minimum atomic E-state index is -3.28. The second-order valence-corrected chi connectivity index (χ2v) is 11.9. The number of carbonyl (C=O) groups excluding carboxylic acids is 2. The number of sulfone groups is 1. The van der Waals surface area contributed by atoms with Crippen molar-refractivity contribution in [2.45, 2.75) is 43.4 Å². The van der Waals surface area contributed by atoms with Crippen LogP contribution in [0.25, 0.3) is 0 Å². The van der Waals surface area contributed by atoms with Crippen LogP contribution in [-0.4, -0.2) is 30.8 Å². The number of nitrogens with zero attached hydrogens (tertiary/aromatic N) is 1. The molecule has 1 aliphatic rings. The number of hydrogen-bond donors (Lipinski definition) is 1. The fourth-order valence-electron chi connectivity index (χ4n) is 3.91. The van der Waals surface area contributed by atoms with Gasteiger partial charge in [0.2, 0.25) is 5.91 Å². The van der Waals surface area contributed by atoms with Gasteiger partial charge in [-0.3, -0.25) is 9.59 Å². The van der Waals surface area contributed by atoms with Crippen molar-refractivity contribution >= 4 is 49.6 Å². The van der Waals surface area contributed by atoms with Crippen molar-refractivity contribution in [2.24, 2.45) is 0 Å². The Morgan fingerprint density at radius 2 is 1.82 bits per heavy atom. The summed E-state index contributed by atoms with van der Waals surface area (Å²) in [6.07, 6.45) is 1.34. The molecule has 0 radical (unpaired) electrons. The molecule has 172 valence electrons. The highest BCUT2D eigenvalue weighted by atomic mass is 35.5. The Morgan fingerprint density at radius 1 is 1.15 bits per heavy atom. The van der Waals surface area contributed by atoms with Crippen molar-refractivity contribution in [3.05, 3.63) is 75.3 Å². The number of hydrogen-bond acceptors (Lipinski definition) is 6. The molecule has 1 atom stereocenters. The van der Waals surface area contributed by atoms with Gasteiger partial charge in [0.1, 0.15) is 0 Å². The van der Waals surface area contributed by atoms with E-state index in [1.807, 2.05) is 19.1 Å². The molecule has 3 aromatic rings. The number of thiazole rings is 1. The molecule has 6 nitrogen and oxygen atoms in total. The molecule has 1 heterocycles. The minimum absolute atomic E-state index is 0.00297. The zero-order valence-corrected chi connectivity index (χ0v) is 20.6. The number of amides is 1. The van der Waals surface area contributed by atoms with Gasteiger partial charge in [0, 0.05) is 5.02 Å². The molecule has 2 aromatic carbocycles. The Balaban J connectivity index is 1.47. The maximum atomic E-state index is 13.3. The first kappa shape index (κ1) is 23.6. The van der Waals surface area contributed by atoms with Crippen molar-refractivity contribution in [1.29, 1.82) is 0 Å². The molecule has 33 heavy (non-hydrogen) atoms. The first-order valence-corrected chi connectivity index (χ1v) is 13.4. The van der Waals surface area contributed by atoms with Gasteiger partial charge in [-0.1, -0.05) is 54.1 Å². The predicted octanol–water partition coefficient (Wildman–Crippen LogP) is 4.86. The highest BCUT2D eigenvalue weighted by Crippen LogP contribution is 2.41. The van der Waals surface area contributed by atoms with E-state index in [1.165, 1.54) is 23.5 Å². The standard InChI is InChI=1S/C24H23ClN2O4S2/c1-3-33(30,31)18-10-4-15(5-11-18)14-20(28)27-23-26-19-12-13-24(2,22(29)21(19)32-23)16-6-8-17(25)9-7-16/h4-11H,3,12-14H2,1-2H3,(H,26,27,28). The first-order valence-electron chi connectivity index (χ1n) is 10.5. The van der Waals surface area contributed by atoms with Crippen LogP contribution in [0.5, 0.6) is 0 Å². The SMILES string of the molecule is CCS(=O)(=O)c1ccc(CC(=O)Nc2nc3c(s2)C(=O)C(C)(c2ccc(Cl)cc2)CC3)cc1. The molecular formula is C24H23ClN2O4S2. The van der Waals surface area contributed by atoms with Crippen LogP contribution in [0.1, 0.15) is 46.8 Å². The number of aromatic nitrogens is 1. The Kier molecular flexibility index (Phi) is 6.44. The summed E-state index contributed by atoms with van der Waals surface area (Å²) in [4.78, 5) is 31.2. The van der Waals surface area contributed by atoms with E-state index in [2.05, 4.69) is 10.3 Å². The topological polar surface area (TPSA) is 93.2 Å². The Bertz CT molecular complexity index is 1320. The van der Waals surface area contributed by atoms with Crippen LogP contribution < -0.4 is 5.32 Å². The van der Waals surface area contributed by atoms with E-state index < -0.39 is 15.3 Å². The number of carbonyl (C=O) groups is 2. The third-order valence-electron chi connectivity index (χ3n) is 6.02. The molecule has 9 heteroatoms. The number of aryl methyl sites for hydroxylation is 1. The second-order valence-electron chi connectivity index (χ2n) is 8.24. The number of Topliss-reactive ketones (excluding diaryl/α,β-unsaturated/α-hetero) is 1. The molecular weight excluding hydrogens is 480 g/mol. The van der Waals surface area contributed by atoms with Gasteiger partial charge in [-0.15, -0.1) is 0 Å². The van der Waals surface area contributed by atoms with E-state index in [0.717, 1.165) is 5.56 Å². The summed E-state index contributed by atoms with van der Waals surface area (Å²) in [5.74, 6) is -0.256. The van der Waals surface area contributed by atoms with Gasteiger partial charge >= 0.3 is 0 Å². The van der Waals surface area contributed by atoms with Crippen molar-refractivity contribution < 1.29 is 18.0 Å². The van der Waals surface area contributed by atoms with E-state index in [-0.39, 0.29) is 28.8 Å². The van der Waals surface area contributed by atoms with Crippen molar-refractivity contribution in [2.75, 3.05) is 11.1 Å². The Labute approximate surface area is 201 Å². The number of halogens is 1. The van der Waals surface area contributed by atoms with Crippen LogP contribution in [0.15, 0.2) is 53.4 Å². The molecule has 0 aliphatic heterocycles. The van der Waals surface area contributed by atoms with E-state index in [1.54, 1.807) is 31.2 Å². The number of anilines is 1. The van der Waals surface area contributed by atoms with Gasteiger partial charge in [-0.25, -0.2) is 13.4 Å². The van der Waals surface area contributed by atoms with Gasteiger partial charge in [-0.2, -0.15) is 0 Å². The maximum Gasteiger partial charge on any atom is 0.230 e. The van der Waals surface area contributed by atoms with Crippen LogP contribution in [-0.2, 0) is 32.9 Å². The average molecular weight is 503 g/mol. The summed E-state index contributed by atoms with van der Waals surface area (Å²) in [6, 6.07) is 13.6. The minimum Gasteiger partial charge on any atom is -0.302 e. The third kappa shape index (κ3) is 4.74. The molecule has 0 fully saturated rings. The van der Waals surface area contributed by atoms with Gasteiger partial charge < -0.3 is 5.32 Å². The Morgan fingerprint density at radius 3 is 2.45 bits per heavy atom. The van der Waals surface area contributed by atoms with E-state index >= 15 is 0 Å². The summed E-state index contributed by atoms with van der Waals surface area (Å²) in [5, 5.41) is 3.79. The molecule has 0 saturated heterocycles. The molecule has 1 aliphatic carbocycles. The molecule has 1 amide bonds. The lowest BCUT2D eigenvalue weighted by Gasteiger charge is -2.31. The summed E-state index contributed by atoms with van der Waals surface area (Å²) in [7, 11) is -3.28. The Hall–Kier alpha value is -2.55. The van der Waals surface area contributed by atoms with Gasteiger partial charge in [-0.05, 0) is 55.2 Å². The summed E-state index contributed by atoms with van der Waals surface area (Å²) >= 11 is 7.19. The normalized spacial score (nSPS) is 18.1. The lowest BCUT2D eigenvalue weighted by Crippen LogP contribution is -2.36. The van der Waals surface area contributed by atoms with Crippen LogP contribution in [0.4, 0.5) is 5.13 Å². The number of ketones is 1. The van der Waals surface area contributed by atoms with Gasteiger partial charge in [0.25, 0.3) is 0 Å². The maximum absolute atomic E-state index is 13.3. The van der Waals surface area contributed by atoms with Crippen LogP contribution in [0, 0.1) is 0 Å². The van der Waals surface area contributed by atoms with Gasteiger partial charge in [0.05, 0.1) is 33.1 Å². The highest BCUT2D eigenvalue weighted by Gasteiger charge is 2.42. The number of fused-ring (bicyclic) bond motifs is 1. The molecule has 0 spiro atoms. The van der Waals surface area contributed by atoms with Crippen molar-refractivity contribution in [1.82, 2.24) is 4.98 Å². The largest absolute Gasteiger partial charge is 0.302 e. The van der Waals surface area contributed by atoms with Crippen LogP contribution in [0.3, 0.4) is 0 Å². The van der Waals surface area contributed by atoms with Crippen LogP contribution >= 0.6 is 22.9 Å². The first-order chi connectivity index (χ1) is 15.6. The molecule has 1 N–H and O–H groups in total. The van der Waals surface area contributed by atoms with E-state index in [4.69, 9.17) is 11.6 Å². The smallest absolute Gasteiger partial charge is 0.230 e. The predicted molar refractivity (Wildman–Crippen MR) is 130 cm³/mol. The lowest BCUT2D eigenvalue weighted by atomic mass is 9.71. The molecule has 4 rings (SSSR count). The molecule has 0 bridgehead atoms. The molecule has 0 saturated carbocycles. The fourth-order valence-corrected chi connectivity index (χ4v) is 6.02. The van der Waals surface area contributed by atoms with Crippen molar-refractivity contribution in [3.8, 4) is 0 Å². The third-order valence-corrected chi connectivity index (χ3v) is 9.04. The van der Waals surface area contributed by atoms with Crippen LogP contribution in [0.2, 0.25) is 5.02 Å². The molecule has 1 unspecified atom stereocenters. The average Bonchev–Trinajstić information content (AvgIpc) is 3.20. The zero-order valence-electron chi connectivity index (χ0n) is 18.2. The quantitative estimate of drug-likeness (QED) is 0.519. The summed E-state index contributed by atoms with van der Waals surface area (Å²) < 4.78 is 23.9. The summed E-state index contributed by atoms with van der Waals surface area (Å²) in [6.45, 7) is 3.52. The monoisotopic (exact) mass is 502 g/mol. The number of nitrogens with one attached hydrogen (secondary N) is 1. The lowest BCUT2D eigenvalue weighted by molar-refractivity contribution is -0.115. The fraction of sp³-hybridized carbons (Fsp3) is 0.292. The van der Waals surface area contributed by atoms with Crippen molar-refractivity contribution in [3.63, 3.8) is 0 Å². The van der Waals surface area contributed by atoms with E-state index in [9.17, 15) is 18.0 Å².